The Labute approximate surface area is 147 Å². The van der Waals surface area contributed by atoms with Crippen LogP contribution in [-0.2, 0) is 22.9 Å². The van der Waals surface area contributed by atoms with Crippen LogP contribution >= 0.6 is 11.3 Å². The van der Waals surface area contributed by atoms with Gasteiger partial charge in [-0.25, -0.2) is 4.98 Å². The van der Waals surface area contributed by atoms with Gasteiger partial charge in [0.25, 0.3) is 0 Å². The van der Waals surface area contributed by atoms with Crippen molar-refractivity contribution >= 4 is 22.4 Å². The molecule has 5 nitrogen and oxygen atoms in total. The standard InChI is InChI=1S/C16H19F3N4OS/c1-15(2,3)12-8-25-14(20-12)21-13(24)7-23-10(9-4-5-9)6-11(22-23)16(17,18)19/h6,8-9H,4-5,7H2,1-3H3,(H,20,21,24). The molecule has 0 spiro atoms. The van der Waals surface area contributed by atoms with Gasteiger partial charge in [-0.3, -0.25) is 9.48 Å². The summed E-state index contributed by atoms with van der Waals surface area (Å²) in [5.41, 5.74) is 0.232. The van der Waals surface area contributed by atoms with E-state index >= 15 is 0 Å². The molecule has 2 heterocycles. The van der Waals surface area contributed by atoms with Gasteiger partial charge < -0.3 is 5.32 Å². The van der Waals surface area contributed by atoms with Crippen LogP contribution in [0.5, 0.6) is 0 Å². The van der Waals surface area contributed by atoms with Gasteiger partial charge in [0, 0.05) is 22.4 Å². The van der Waals surface area contributed by atoms with Crippen molar-refractivity contribution in [3.63, 3.8) is 0 Å². The summed E-state index contributed by atoms with van der Waals surface area (Å²) in [6, 6.07) is 1.05. The Morgan fingerprint density at radius 3 is 2.52 bits per heavy atom. The molecule has 0 aliphatic heterocycles. The molecule has 9 heteroatoms. The molecule has 0 saturated heterocycles. The Hall–Kier alpha value is -1.90. The number of hydrogen-bond acceptors (Lipinski definition) is 4. The van der Waals surface area contributed by atoms with Crippen LogP contribution in [0.2, 0.25) is 0 Å². The van der Waals surface area contributed by atoms with Crippen LogP contribution in [0, 0.1) is 0 Å². The van der Waals surface area contributed by atoms with Gasteiger partial charge in [-0.05, 0) is 18.9 Å². The zero-order valence-electron chi connectivity index (χ0n) is 14.1. The highest BCUT2D eigenvalue weighted by Crippen LogP contribution is 2.42. The average molecular weight is 372 g/mol. The number of carbonyl (C=O) groups is 1. The number of carbonyl (C=O) groups excluding carboxylic acids is 1. The molecule has 0 unspecified atom stereocenters. The van der Waals surface area contributed by atoms with Crippen molar-refractivity contribution in [3.8, 4) is 0 Å². The number of nitrogens with zero attached hydrogens (tertiary/aromatic N) is 3. The van der Waals surface area contributed by atoms with Crippen LogP contribution in [0.25, 0.3) is 0 Å². The fourth-order valence-electron chi connectivity index (χ4n) is 2.37. The summed E-state index contributed by atoms with van der Waals surface area (Å²) in [6.45, 7) is 5.78. The fraction of sp³-hybridized carbons (Fsp3) is 0.562. The smallest absolute Gasteiger partial charge is 0.300 e. The lowest BCUT2D eigenvalue weighted by atomic mass is 9.93. The maximum Gasteiger partial charge on any atom is 0.435 e. The van der Waals surface area contributed by atoms with E-state index in [1.54, 1.807) is 0 Å². The number of aromatic nitrogens is 3. The lowest BCUT2D eigenvalue weighted by Crippen LogP contribution is -2.21. The van der Waals surface area contributed by atoms with Crippen molar-refractivity contribution in [3.05, 3.63) is 28.5 Å². The Balaban J connectivity index is 1.72. The van der Waals surface area contributed by atoms with Crippen LogP contribution < -0.4 is 5.32 Å². The Morgan fingerprint density at radius 2 is 2.00 bits per heavy atom. The van der Waals surface area contributed by atoms with Gasteiger partial charge in [-0.1, -0.05) is 20.8 Å². The fourth-order valence-corrected chi connectivity index (χ4v) is 3.33. The number of halogens is 3. The van der Waals surface area contributed by atoms with Crippen LogP contribution in [0.15, 0.2) is 11.4 Å². The third-order valence-electron chi connectivity index (χ3n) is 3.91. The van der Waals surface area contributed by atoms with Crippen molar-refractivity contribution in [1.82, 2.24) is 14.8 Å². The van der Waals surface area contributed by atoms with Gasteiger partial charge in [0.15, 0.2) is 10.8 Å². The van der Waals surface area contributed by atoms with Crippen LogP contribution in [0.3, 0.4) is 0 Å². The molecule has 0 atom stereocenters. The zero-order chi connectivity index (χ0) is 18.4. The monoisotopic (exact) mass is 372 g/mol. The topological polar surface area (TPSA) is 59.8 Å². The quantitative estimate of drug-likeness (QED) is 0.876. The molecule has 1 N–H and O–H groups in total. The van der Waals surface area contributed by atoms with E-state index < -0.39 is 17.8 Å². The number of nitrogens with one attached hydrogen (secondary N) is 1. The molecule has 2 aromatic rings. The highest BCUT2D eigenvalue weighted by molar-refractivity contribution is 7.13. The molecule has 136 valence electrons. The predicted octanol–water partition coefficient (Wildman–Crippen LogP) is 4.17. The highest BCUT2D eigenvalue weighted by atomic mass is 32.1. The SMILES string of the molecule is CC(C)(C)c1csc(NC(=O)Cn2nc(C(F)(F)F)cc2C2CC2)n1. The van der Waals surface area contributed by atoms with Gasteiger partial charge in [0.05, 0.1) is 5.69 Å². The second-order valence-corrected chi connectivity index (χ2v) is 8.08. The molecular weight excluding hydrogens is 353 g/mol. The predicted molar refractivity (Wildman–Crippen MR) is 88.6 cm³/mol. The molecular formula is C16H19F3N4OS. The molecule has 0 bridgehead atoms. The van der Waals surface area contributed by atoms with E-state index in [1.807, 2.05) is 26.2 Å². The number of hydrogen-bond donors (Lipinski definition) is 1. The largest absolute Gasteiger partial charge is 0.435 e. The van der Waals surface area contributed by atoms with E-state index in [9.17, 15) is 18.0 Å². The zero-order valence-corrected chi connectivity index (χ0v) is 15.0. The van der Waals surface area contributed by atoms with E-state index in [4.69, 9.17) is 0 Å². The van der Waals surface area contributed by atoms with Gasteiger partial charge in [0.1, 0.15) is 6.54 Å². The lowest BCUT2D eigenvalue weighted by molar-refractivity contribution is -0.141. The molecule has 25 heavy (non-hydrogen) atoms. The van der Waals surface area contributed by atoms with Gasteiger partial charge >= 0.3 is 6.18 Å². The first-order valence-corrected chi connectivity index (χ1v) is 8.83. The molecule has 0 aromatic carbocycles. The minimum absolute atomic E-state index is 0.0590. The van der Waals surface area contributed by atoms with E-state index in [1.165, 1.54) is 11.3 Å². The summed E-state index contributed by atoms with van der Waals surface area (Å²) in [6.07, 6.45) is -2.86. The van der Waals surface area contributed by atoms with Crippen LogP contribution in [0.1, 0.15) is 56.6 Å². The number of rotatable bonds is 4. The minimum atomic E-state index is -4.51. The van der Waals surface area contributed by atoms with Crippen molar-refractivity contribution < 1.29 is 18.0 Å². The normalized spacial score (nSPS) is 15.4. The number of anilines is 1. The first-order valence-electron chi connectivity index (χ1n) is 7.95. The van der Waals surface area contributed by atoms with E-state index in [-0.39, 0.29) is 17.9 Å². The Kier molecular flexibility index (Phi) is 4.38. The molecule has 1 aliphatic rings. The summed E-state index contributed by atoms with van der Waals surface area (Å²) < 4.78 is 39.8. The lowest BCUT2D eigenvalue weighted by Gasteiger charge is -2.14. The summed E-state index contributed by atoms with van der Waals surface area (Å²) in [5, 5.41) is 8.52. The Bertz CT molecular complexity index is 784. The summed E-state index contributed by atoms with van der Waals surface area (Å²) in [5.74, 6) is -0.378. The highest BCUT2D eigenvalue weighted by Gasteiger charge is 2.38. The van der Waals surface area contributed by atoms with Crippen molar-refractivity contribution in [2.45, 2.75) is 57.7 Å². The summed E-state index contributed by atoms with van der Waals surface area (Å²) in [7, 11) is 0. The second kappa shape index (κ2) is 6.12. The molecule has 0 radical (unpaired) electrons. The van der Waals surface area contributed by atoms with Crippen LogP contribution in [0.4, 0.5) is 18.3 Å². The minimum Gasteiger partial charge on any atom is -0.300 e. The first kappa shape index (κ1) is 17.9. The third-order valence-corrected chi connectivity index (χ3v) is 4.67. The summed E-state index contributed by atoms with van der Waals surface area (Å²) >= 11 is 1.29. The maximum atomic E-state index is 12.9. The molecule has 2 aromatic heterocycles. The molecule has 1 saturated carbocycles. The molecule has 1 fully saturated rings. The maximum absolute atomic E-state index is 12.9. The Morgan fingerprint density at radius 1 is 1.32 bits per heavy atom. The van der Waals surface area contributed by atoms with Crippen molar-refractivity contribution in [1.29, 1.82) is 0 Å². The van der Waals surface area contributed by atoms with Crippen molar-refractivity contribution in [2.24, 2.45) is 0 Å². The van der Waals surface area contributed by atoms with Crippen molar-refractivity contribution in [2.75, 3.05) is 5.32 Å². The average Bonchev–Trinajstić information content (AvgIpc) is 3.02. The molecule has 3 rings (SSSR count). The first-order chi connectivity index (χ1) is 11.5. The van der Waals surface area contributed by atoms with Gasteiger partial charge in [0.2, 0.25) is 5.91 Å². The number of amides is 1. The van der Waals surface area contributed by atoms with E-state index in [0.29, 0.717) is 10.8 Å². The van der Waals surface area contributed by atoms with Gasteiger partial charge in [-0.15, -0.1) is 11.3 Å². The number of alkyl halides is 3. The summed E-state index contributed by atoms with van der Waals surface area (Å²) in [4.78, 5) is 16.6. The van der Waals surface area contributed by atoms with Gasteiger partial charge in [-0.2, -0.15) is 18.3 Å². The van der Waals surface area contributed by atoms with Crippen LogP contribution in [-0.4, -0.2) is 20.7 Å². The second-order valence-electron chi connectivity index (χ2n) is 7.22. The molecule has 1 aliphatic carbocycles. The molecule has 1 amide bonds. The third kappa shape index (κ3) is 4.20. The number of thiazole rings is 1. The van der Waals surface area contributed by atoms with E-state index in [0.717, 1.165) is 29.3 Å². The van der Waals surface area contributed by atoms with E-state index in [2.05, 4.69) is 15.4 Å².